The standard InChI is InChI=1S/C13H13FN6/c1-7-6-10(4-5-11(7)14)12-8(2)17-20(9(12)3)13-15-18-19-16-13/h4-6H,1-3H3,(H,15,16,18,19). The largest absolute Gasteiger partial charge is 0.290 e. The Morgan fingerprint density at radius 2 is 2.00 bits per heavy atom. The van der Waals surface area contributed by atoms with Crippen LogP contribution in [-0.4, -0.2) is 30.4 Å². The number of halogens is 1. The van der Waals surface area contributed by atoms with E-state index in [4.69, 9.17) is 0 Å². The van der Waals surface area contributed by atoms with E-state index < -0.39 is 0 Å². The van der Waals surface area contributed by atoms with Gasteiger partial charge < -0.3 is 0 Å². The highest BCUT2D eigenvalue weighted by Gasteiger charge is 2.17. The summed E-state index contributed by atoms with van der Waals surface area (Å²) >= 11 is 0. The van der Waals surface area contributed by atoms with E-state index in [0.29, 0.717) is 11.5 Å². The van der Waals surface area contributed by atoms with Crippen molar-refractivity contribution in [2.75, 3.05) is 0 Å². The van der Waals surface area contributed by atoms with Crippen LogP contribution in [-0.2, 0) is 0 Å². The van der Waals surface area contributed by atoms with Crippen LogP contribution in [0.4, 0.5) is 4.39 Å². The van der Waals surface area contributed by atoms with Gasteiger partial charge in [0.2, 0.25) is 0 Å². The molecule has 102 valence electrons. The summed E-state index contributed by atoms with van der Waals surface area (Å²) in [5.74, 6) is 0.172. The molecule has 6 nitrogen and oxygen atoms in total. The number of hydrogen-bond acceptors (Lipinski definition) is 4. The lowest BCUT2D eigenvalue weighted by Crippen LogP contribution is -2.01. The second kappa shape index (κ2) is 4.52. The van der Waals surface area contributed by atoms with Crippen LogP contribution in [0.5, 0.6) is 0 Å². The van der Waals surface area contributed by atoms with Gasteiger partial charge in [-0.2, -0.15) is 15.0 Å². The first-order valence-electron chi connectivity index (χ1n) is 6.14. The Morgan fingerprint density at radius 1 is 1.20 bits per heavy atom. The van der Waals surface area contributed by atoms with Crippen LogP contribution in [0.15, 0.2) is 18.2 Å². The second-order valence-electron chi connectivity index (χ2n) is 4.63. The molecule has 0 aliphatic carbocycles. The number of hydrogen-bond donors (Lipinski definition) is 1. The van der Waals surface area contributed by atoms with E-state index in [9.17, 15) is 4.39 Å². The molecule has 20 heavy (non-hydrogen) atoms. The first kappa shape index (κ1) is 12.5. The monoisotopic (exact) mass is 272 g/mol. The summed E-state index contributed by atoms with van der Waals surface area (Å²) in [6.07, 6.45) is 0. The van der Waals surface area contributed by atoms with Crippen LogP contribution in [0.3, 0.4) is 0 Å². The quantitative estimate of drug-likeness (QED) is 0.775. The molecule has 0 saturated heterocycles. The SMILES string of the molecule is Cc1cc(-c2c(C)nn(-c3nn[nH]n3)c2C)ccc1F. The minimum Gasteiger partial charge on any atom is -0.207 e. The van der Waals surface area contributed by atoms with Gasteiger partial charge in [0.15, 0.2) is 0 Å². The summed E-state index contributed by atoms with van der Waals surface area (Å²) in [6, 6.07) is 5.03. The smallest absolute Gasteiger partial charge is 0.207 e. The summed E-state index contributed by atoms with van der Waals surface area (Å²) in [6.45, 7) is 5.56. The third-order valence-electron chi connectivity index (χ3n) is 3.26. The topological polar surface area (TPSA) is 72.3 Å². The fraction of sp³-hybridized carbons (Fsp3) is 0.231. The number of benzene rings is 1. The molecule has 0 aliphatic heterocycles. The minimum atomic E-state index is -0.213. The number of nitrogens with zero attached hydrogens (tertiary/aromatic N) is 5. The Bertz CT molecular complexity index is 760. The summed E-state index contributed by atoms with van der Waals surface area (Å²) in [5.41, 5.74) is 4.20. The Morgan fingerprint density at radius 3 is 2.65 bits per heavy atom. The molecule has 2 aromatic heterocycles. The predicted molar refractivity (Wildman–Crippen MR) is 70.9 cm³/mol. The van der Waals surface area contributed by atoms with Crippen LogP contribution in [0.1, 0.15) is 17.0 Å². The van der Waals surface area contributed by atoms with Gasteiger partial charge in [0, 0.05) is 5.56 Å². The lowest BCUT2D eigenvalue weighted by atomic mass is 10.0. The molecule has 0 amide bonds. The highest BCUT2D eigenvalue weighted by molar-refractivity contribution is 5.69. The molecule has 0 bridgehead atoms. The van der Waals surface area contributed by atoms with Gasteiger partial charge in [-0.3, -0.25) is 0 Å². The van der Waals surface area contributed by atoms with Crippen LogP contribution in [0, 0.1) is 26.6 Å². The van der Waals surface area contributed by atoms with Crippen LogP contribution >= 0.6 is 0 Å². The lowest BCUT2D eigenvalue weighted by Gasteiger charge is -2.04. The van der Waals surface area contributed by atoms with E-state index in [0.717, 1.165) is 22.5 Å². The van der Waals surface area contributed by atoms with E-state index in [2.05, 4.69) is 25.7 Å². The summed E-state index contributed by atoms with van der Waals surface area (Å²) in [5, 5.41) is 18.2. The molecule has 1 N–H and O–H groups in total. The highest BCUT2D eigenvalue weighted by Crippen LogP contribution is 2.29. The molecule has 0 aliphatic rings. The number of aryl methyl sites for hydroxylation is 2. The molecule has 1 aromatic carbocycles. The molecule has 0 spiro atoms. The first-order chi connectivity index (χ1) is 9.58. The van der Waals surface area contributed by atoms with Crippen molar-refractivity contribution in [3.63, 3.8) is 0 Å². The Hall–Kier alpha value is -2.57. The molecule has 7 heteroatoms. The van der Waals surface area contributed by atoms with Crippen LogP contribution in [0.2, 0.25) is 0 Å². The van der Waals surface area contributed by atoms with Crippen molar-refractivity contribution < 1.29 is 4.39 Å². The van der Waals surface area contributed by atoms with Gasteiger partial charge in [-0.15, -0.1) is 5.10 Å². The van der Waals surface area contributed by atoms with Crippen molar-refractivity contribution in [3.05, 3.63) is 41.0 Å². The number of H-pyrrole nitrogens is 1. The molecule has 0 atom stereocenters. The number of rotatable bonds is 2. The average molecular weight is 272 g/mol. The second-order valence-corrected chi connectivity index (χ2v) is 4.63. The van der Waals surface area contributed by atoms with E-state index in [-0.39, 0.29) is 5.82 Å². The average Bonchev–Trinajstić information content (AvgIpc) is 3.02. The maximum Gasteiger partial charge on any atom is 0.290 e. The number of tetrazole rings is 1. The lowest BCUT2D eigenvalue weighted by molar-refractivity contribution is 0.619. The fourth-order valence-corrected chi connectivity index (χ4v) is 2.30. The van der Waals surface area contributed by atoms with Crippen molar-refractivity contribution in [2.45, 2.75) is 20.8 Å². The van der Waals surface area contributed by atoms with E-state index in [1.807, 2.05) is 19.9 Å². The van der Waals surface area contributed by atoms with E-state index >= 15 is 0 Å². The third-order valence-corrected chi connectivity index (χ3v) is 3.26. The van der Waals surface area contributed by atoms with Crippen molar-refractivity contribution >= 4 is 0 Å². The van der Waals surface area contributed by atoms with Gasteiger partial charge >= 0.3 is 0 Å². The fourth-order valence-electron chi connectivity index (χ4n) is 2.30. The van der Waals surface area contributed by atoms with E-state index in [1.54, 1.807) is 17.7 Å². The van der Waals surface area contributed by atoms with Gasteiger partial charge in [0.25, 0.3) is 5.95 Å². The van der Waals surface area contributed by atoms with Crippen LogP contribution in [0.25, 0.3) is 17.1 Å². The number of aromatic amines is 1. The minimum absolute atomic E-state index is 0.213. The van der Waals surface area contributed by atoms with Gasteiger partial charge in [-0.25, -0.2) is 4.39 Å². The zero-order chi connectivity index (χ0) is 14.3. The third kappa shape index (κ3) is 1.87. The molecule has 3 rings (SSSR count). The molecular formula is C13H13FN6. The summed E-state index contributed by atoms with van der Waals surface area (Å²) in [4.78, 5) is 0. The van der Waals surface area contributed by atoms with Gasteiger partial charge in [-0.1, -0.05) is 11.2 Å². The highest BCUT2D eigenvalue weighted by atomic mass is 19.1. The van der Waals surface area contributed by atoms with Crippen LogP contribution < -0.4 is 0 Å². The molecule has 0 fully saturated rings. The summed E-state index contributed by atoms with van der Waals surface area (Å²) < 4.78 is 15.0. The van der Waals surface area contributed by atoms with Gasteiger partial charge in [-0.05, 0) is 49.2 Å². The Kier molecular flexibility index (Phi) is 2.81. The zero-order valence-electron chi connectivity index (χ0n) is 11.3. The molecule has 2 heterocycles. The predicted octanol–water partition coefficient (Wildman–Crippen LogP) is 2.12. The Labute approximate surface area is 114 Å². The number of nitrogens with one attached hydrogen (secondary N) is 1. The van der Waals surface area contributed by atoms with Crippen molar-refractivity contribution in [2.24, 2.45) is 0 Å². The van der Waals surface area contributed by atoms with E-state index in [1.165, 1.54) is 6.07 Å². The van der Waals surface area contributed by atoms with Crippen molar-refractivity contribution in [1.82, 2.24) is 30.4 Å². The zero-order valence-corrected chi connectivity index (χ0v) is 11.3. The maximum absolute atomic E-state index is 13.4. The summed E-state index contributed by atoms with van der Waals surface area (Å²) in [7, 11) is 0. The molecular weight excluding hydrogens is 259 g/mol. The first-order valence-corrected chi connectivity index (χ1v) is 6.14. The molecule has 0 unspecified atom stereocenters. The normalized spacial score (nSPS) is 11.0. The Balaban J connectivity index is 2.17. The molecule has 3 aromatic rings. The molecule has 0 radical (unpaired) electrons. The van der Waals surface area contributed by atoms with Gasteiger partial charge in [0.05, 0.1) is 11.4 Å². The number of aromatic nitrogens is 6. The van der Waals surface area contributed by atoms with Crippen molar-refractivity contribution in [1.29, 1.82) is 0 Å². The maximum atomic E-state index is 13.4. The van der Waals surface area contributed by atoms with Crippen molar-refractivity contribution in [3.8, 4) is 17.1 Å². The van der Waals surface area contributed by atoms with Gasteiger partial charge in [0.1, 0.15) is 5.82 Å². The molecule has 0 saturated carbocycles.